The van der Waals surface area contributed by atoms with E-state index in [1.807, 2.05) is 25.1 Å². The molecule has 2 nitrogen and oxygen atoms in total. The highest BCUT2D eigenvalue weighted by Gasteiger charge is 2.15. The third kappa shape index (κ3) is 4.84. The Morgan fingerprint density at radius 1 is 1.09 bits per heavy atom. The number of hydrogen-bond donors (Lipinski definition) is 1. The zero-order chi connectivity index (χ0) is 17.0. The Kier molecular flexibility index (Phi) is 5.48. The Morgan fingerprint density at radius 3 is 2.26 bits per heavy atom. The molecule has 0 saturated heterocycles. The molecule has 122 valence electrons. The average Bonchev–Trinajstić information content (AvgIpc) is 2.49. The Bertz CT molecular complexity index is 671. The fraction of sp³-hybridized carbons (Fsp3) is 0.350. The van der Waals surface area contributed by atoms with Gasteiger partial charge in [0, 0.05) is 5.02 Å². The van der Waals surface area contributed by atoms with E-state index in [9.17, 15) is 4.79 Å². The summed E-state index contributed by atoms with van der Waals surface area (Å²) in [6.45, 7) is 8.57. The molecule has 1 atom stereocenters. The largest absolute Gasteiger partial charge is 0.349 e. The lowest BCUT2D eigenvalue weighted by Gasteiger charge is -2.21. The number of carbonyl (C=O) groups is 1. The number of nitrogens with one attached hydrogen (secondary N) is 1. The molecule has 2 rings (SSSR count). The molecule has 0 spiro atoms. The summed E-state index contributed by atoms with van der Waals surface area (Å²) in [5.41, 5.74) is 3.37. The molecule has 0 radical (unpaired) electrons. The second-order valence-electron chi connectivity index (χ2n) is 6.93. The molecular weight excluding hydrogens is 306 g/mol. The van der Waals surface area contributed by atoms with Crippen molar-refractivity contribution in [1.82, 2.24) is 5.32 Å². The third-order valence-electron chi connectivity index (χ3n) is 3.96. The van der Waals surface area contributed by atoms with Gasteiger partial charge >= 0.3 is 0 Å². The summed E-state index contributed by atoms with van der Waals surface area (Å²) in [7, 11) is 0. The maximum atomic E-state index is 12.2. The Balaban J connectivity index is 2.00. The van der Waals surface area contributed by atoms with Crippen LogP contribution in [0.25, 0.3) is 0 Å². The topological polar surface area (TPSA) is 29.1 Å². The number of halogens is 1. The predicted molar refractivity (Wildman–Crippen MR) is 96.9 cm³/mol. The first kappa shape index (κ1) is 17.6. The highest BCUT2D eigenvalue weighted by atomic mass is 35.5. The van der Waals surface area contributed by atoms with Crippen molar-refractivity contribution >= 4 is 17.5 Å². The van der Waals surface area contributed by atoms with E-state index in [1.165, 1.54) is 5.56 Å². The molecule has 0 heterocycles. The fourth-order valence-corrected chi connectivity index (χ4v) is 2.66. The van der Waals surface area contributed by atoms with Gasteiger partial charge in [-0.25, -0.2) is 0 Å². The van der Waals surface area contributed by atoms with E-state index in [0.29, 0.717) is 11.4 Å². The smallest absolute Gasteiger partial charge is 0.224 e. The van der Waals surface area contributed by atoms with Gasteiger partial charge in [0.05, 0.1) is 12.5 Å². The summed E-state index contributed by atoms with van der Waals surface area (Å²) in [4.78, 5) is 12.2. The first-order valence-electron chi connectivity index (χ1n) is 7.90. The quantitative estimate of drug-likeness (QED) is 0.834. The Labute approximate surface area is 143 Å². The molecule has 1 unspecified atom stereocenters. The van der Waals surface area contributed by atoms with Crippen molar-refractivity contribution in [2.24, 2.45) is 0 Å². The van der Waals surface area contributed by atoms with E-state index >= 15 is 0 Å². The molecule has 2 aromatic carbocycles. The van der Waals surface area contributed by atoms with Crippen LogP contribution in [0.1, 0.15) is 50.4 Å². The van der Waals surface area contributed by atoms with E-state index in [0.717, 1.165) is 11.1 Å². The van der Waals surface area contributed by atoms with Crippen LogP contribution in [0.4, 0.5) is 0 Å². The lowest BCUT2D eigenvalue weighted by atomic mass is 9.86. The van der Waals surface area contributed by atoms with Crippen LogP contribution in [0, 0.1) is 0 Å². The van der Waals surface area contributed by atoms with Crippen molar-refractivity contribution < 1.29 is 4.79 Å². The first-order chi connectivity index (χ1) is 10.8. The maximum absolute atomic E-state index is 12.2. The molecule has 0 aliphatic heterocycles. The molecule has 0 bridgehead atoms. The minimum absolute atomic E-state index is 0.0227. The summed E-state index contributed by atoms with van der Waals surface area (Å²) in [6, 6.07) is 15.8. The predicted octanol–water partition coefficient (Wildman–Crippen LogP) is 5.06. The monoisotopic (exact) mass is 329 g/mol. The van der Waals surface area contributed by atoms with Crippen molar-refractivity contribution in [2.45, 2.75) is 45.6 Å². The SMILES string of the molecule is CC(NC(=O)Cc1ccccc1Cl)c1ccc(C(C)(C)C)cc1. The number of benzene rings is 2. The molecule has 0 fully saturated rings. The molecule has 23 heavy (non-hydrogen) atoms. The highest BCUT2D eigenvalue weighted by molar-refractivity contribution is 6.31. The zero-order valence-electron chi connectivity index (χ0n) is 14.2. The molecule has 1 N–H and O–H groups in total. The van der Waals surface area contributed by atoms with Crippen LogP contribution in [0.2, 0.25) is 5.02 Å². The minimum atomic E-state index is -0.0287. The summed E-state index contributed by atoms with van der Waals surface area (Å²) >= 11 is 6.10. The van der Waals surface area contributed by atoms with Gasteiger partial charge in [0.15, 0.2) is 0 Å². The molecule has 3 heteroatoms. The van der Waals surface area contributed by atoms with Crippen molar-refractivity contribution in [2.75, 3.05) is 0 Å². The van der Waals surface area contributed by atoms with Gasteiger partial charge in [0.25, 0.3) is 0 Å². The summed E-state index contributed by atoms with van der Waals surface area (Å²) in [6.07, 6.45) is 0.296. The molecular formula is C20H24ClNO. The van der Waals surface area contributed by atoms with Gasteiger partial charge in [-0.15, -0.1) is 0 Å². The van der Waals surface area contributed by atoms with E-state index < -0.39 is 0 Å². The average molecular weight is 330 g/mol. The standard InChI is InChI=1S/C20H24ClNO/c1-14(15-9-11-17(12-10-15)20(2,3)4)22-19(23)13-16-7-5-6-8-18(16)21/h5-12,14H,13H2,1-4H3,(H,22,23). The maximum Gasteiger partial charge on any atom is 0.224 e. The molecule has 2 aromatic rings. The molecule has 1 amide bonds. The third-order valence-corrected chi connectivity index (χ3v) is 4.33. The molecule has 0 aromatic heterocycles. The van der Waals surface area contributed by atoms with E-state index in [2.05, 4.69) is 50.4 Å². The van der Waals surface area contributed by atoms with Gasteiger partial charge in [0.2, 0.25) is 5.91 Å². The number of amides is 1. The van der Waals surface area contributed by atoms with Crippen molar-refractivity contribution in [3.05, 3.63) is 70.2 Å². The van der Waals surface area contributed by atoms with E-state index in [1.54, 1.807) is 6.07 Å². The van der Waals surface area contributed by atoms with Gasteiger partial charge in [-0.2, -0.15) is 0 Å². The van der Waals surface area contributed by atoms with E-state index in [-0.39, 0.29) is 17.4 Å². The van der Waals surface area contributed by atoms with E-state index in [4.69, 9.17) is 11.6 Å². The Hall–Kier alpha value is -1.80. The summed E-state index contributed by atoms with van der Waals surface area (Å²) in [5.74, 6) is -0.0227. The van der Waals surface area contributed by atoms with Gasteiger partial charge in [-0.05, 0) is 35.1 Å². The van der Waals surface area contributed by atoms with Crippen LogP contribution < -0.4 is 5.32 Å². The number of rotatable bonds is 4. The second-order valence-corrected chi connectivity index (χ2v) is 7.34. The van der Waals surface area contributed by atoms with Crippen molar-refractivity contribution in [3.63, 3.8) is 0 Å². The fourth-order valence-electron chi connectivity index (χ4n) is 2.46. The first-order valence-corrected chi connectivity index (χ1v) is 8.28. The zero-order valence-corrected chi connectivity index (χ0v) is 14.9. The van der Waals surface area contributed by atoms with Crippen LogP contribution in [0.5, 0.6) is 0 Å². The second kappa shape index (κ2) is 7.18. The van der Waals surface area contributed by atoms with Crippen LogP contribution in [0.15, 0.2) is 48.5 Å². The van der Waals surface area contributed by atoms with Crippen LogP contribution in [-0.4, -0.2) is 5.91 Å². The lowest BCUT2D eigenvalue weighted by Crippen LogP contribution is -2.28. The van der Waals surface area contributed by atoms with Crippen LogP contribution in [0.3, 0.4) is 0 Å². The van der Waals surface area contributed by atoms with Gasteiger partial charge in [0.1, 0.15) is 0 Å². The van der Waals surface area contributed by atoms with Crippen LogP contribution >= 0.6 is 11.6 Å². The van der Waals surface area contributed by atoms with Gasteiger partial charge in [-0.1, -0.05) is 74.8 Å². The highest BCUT2D eigenvalue weighted by Crippen LogP contribution is 2.24. The van der Waals surface area contributed by atoms with Crippen LogP contribution in [-0.2, 0) is 16.6 Å². The summed E-state index contributed by atoms with van der Waals surface area (Å²) in [5, 5.41) is 3.66. The van der Waals surface area contributed by atoms with Crippen molar-refractivity contribution in [3.8, 4) is 0 Å². The number of carbonyl (C=O) groups excluding carboxylic acids is 1. The normalized spacial score (nSPS) is 12.7. The lowest BCUT2D eigenvalue weighted by molar-refractivity contribution is -0.121. The molecule has 0 aliphatic carbocycles. The molecule has 0 aliphatic rings. The Morgan fingerprint density at radius 2 is 1.70 bits per heavy atom. The van der Waals surface area contributed by atoms with Gasteiger partial charge in [-0.3, -0.25) is 4.79 Å². The summed E-state index contributed by atoms with van der Waals surface area (Å²) < 4.78 is 0. The van der Waals surface area contributed by atoms with Crippen molar-refractivity contribution in [1.29, 1.82) is 0 Å². The minimum Gasteiger partial charge on any atom is -0.349 e. The van der Waals surface area contributed by atoms with Gasteiger partial charge < -0.3 is 5.32 Å². The molecule has 0 saturated carbocycles. The number of hydrogen-bond acceptors (Lipinski definition) is 1.